The van der Waals surface area contributed by atoms with Gasteiger partial charge in [0.15, 0.2) is 17.9 Å². The molecule has 37 heavy (non-hydrogen) atoms. The molecule has 0 aliphatic carbocycles. The number of nitrogens with zero attached hydrogens (tertiary/aromatic N) is 1. The second-order valence-electron chi connectivity index (χ2n) is 8.88. The molecule has 190 valence electrons. The molecule has 0 spiro atoms. The molecular formula is C27H26N4O6. The van der Waals surface area contributed by atoms with Gasteiger partial charge in [-0.25, -0.2) is 4.98 Å². The summed E-state index contributed by atoms with van der Waals surface area (Å²) in [5.74, 6) is -0.734. The van der Waals surface area contributed by atoms with Crippen LogP contribution < -0.4 is 20.7 Å². The number of aromatic nitrogens is 1. The minimum absolute atomic E-state index is 0.218. The van der Waals surface area contributed by atoms with Crippen molar-refractivity contribution in [3.05, 3.63) is 84.8 Å². The summed E-state index contributed by atoms with van der Waals surface area (Å²) in [6, 6.07) is 15.4. The molecule has 2 aromatic carbocycles. The minimum Gasteiger partial charge on any atom is -0.496 e. The maximum Gasteiger partial charge on any atom is 0.313 e. The molecule has 2 aromatic heterocycles. The van der Waals surface area contributed by atoms with Gasteiger partial charge in [0.2, 0.25) is 0 Å². The second-order valence-corrected chi connectivity index (χ2v) is 8.88. The van der Waals surface area contributed by atoms with E-state index in [9.17, 15) is 14.4 Å². The molecule has 0 unspecified atom stereocenters. The van der Waals surface area contributed by atoms with Crippen molar-refractivity contribution in [1.29, 1.82) is 0 Å². The molecule has 4 aromatic rings. The summed E-state index contributed by atoms with van der Waals surface area (Å²) in [6.45, 7) is 3.64. The Balaban J connectivity index is 1.33. The van der Waals surface area contributed by atoms with Crippen molar-refractivity contribution in [3.63, 3.8) is 0 Å². The van der Waals surface area contributed by atoms with Crippen molar-refractivity contribution in [1.82, 2.24) is 10.3 Å². The van der Waals surface area contributed by atoms with Crippen LogP contribution in [0.5, 0.6) is 5.75 Å². The number of benzene rings is 2. The normalized spacial score (nSPS) is 11.0. The van der Waals surface area contributed by atoms with E-state index in [2.05, 4.69) is 20.9 Å². The van der Waals surface area contributed by atoms with E-state index in [0.29, 0.717) is 34.9 Å². The molecule has 10 heteroatoms. The highest BCUT2D eigenvalue weighted by atomic mass is 16.5. The molecule has 2 heterocycles. The zero-order valence-corrected chi connectivity index (χ0v) is 20.5. The lowest BCUT2D eigenvalue weighted by Gasteiger charge is -2.26. The van der Waals surface area contributed by atoms with Crippen LogP contribution in [-0.4, -0.2) is 35.4 Å². The zero-order valence-electron chi connectivity index (χ0n) is 20.5. The van der Waals surface area contributed by atoms with Crippen molar-refractivity contribution < 1.29 is 28.0 Å². The first kappa shape index (κ1) is 25.2. The van der Waals surface area contributed by atoms with E-state index in [1.54, 1.807) is 48.7 Å². The monoisotopic (exact) mass is 502 g/mol. The van der Waals surface area contributed by atoms with Crippen LogP contribution >= 0.6 is 0 Å². The lowest BCUT2D eigenvalue weighted by atomic mass is 9.94. The molecule has 0 atom stereocenters. The van der Waals surface area contributed by atoms with Crippen LogP contribution in [0.2, 0.25) is 0 Å². The van der Waals surface area contributed by atoms with Crippen LogP contribution in [0, 0.1) is 0 Å². The Kier molecular flexibility index (Phi) is 7.38. The maximum atomic E-state index is 12.6. The highest BCUT2D eigenvalue weighted by molar-refractivity contribution is 6.39. The van der Waals surface area contributed by atoms with Crippen LogP contribution in [0.1, 0.15) is 30.0 Å². The van der Waals surface area contributed by atoms with Crippen LogP contribution in [0.4, 0.5) is 11.4 Å². The molecule has 0 bridgehead atoms. The third-order valence-electron chi connectivity index (χ3n) is 5.42. The van der Waals surface area contributed by atoms with Gasteiger partial charge >= 0.3 is 11.8 Å². The van der Waals surface area contributed by atoms with Gasteiger partial charge in [-0.15, -0.1) is 0 Å². The molecule has 0 fully saturated rings. The Morgan fingerprint density at radius 1 is 0.946 bits per heavy atom. The number of ether oxygens (including phenoxy) is 1. The highest BCUT2D eigenvalue weighted by Crippen LogP contribution is 2.32. The summed E-state index contributed by atoms with van der Waals surface area (Å²) >= 11 is 0. The summed E-state index contributed by atoms with van der Waals surface area (Å²) in [5.41, 5.74) is 1.85. The fourth-order valence-electron chi connectivity index (χ4n) is 3.73. The number of methoxy groups -OCH3 is 1. The third kappa shape index (κ3) is 6.43. The molecule has 0 aliphatic rings. The standard InChI is InChI=1S/C27H26N4O6/c1-27(2,14-17-6-8-18(9-7-17)29-24(32)21-5-4-12-36-21)31-26(34)25(33)30-19-10-11-20(22(13-19)35-3)23-15-28-16-37-23/h4-13,15-16H,14H2,1-3H3,(H,29,32)(H,30,33)(H,31,34). The number of oxazole rings is 1. The maximum absolute atomic E-state index is 12.6. The number of rotatable bonds is 8. The van der Waals surface area contributed by atoms with Crippen LogP contribution in [0.25, 0.3) is 11.3 Å². The van der Waals surface area contributed by atoms with E-state index in [4.69, 9.17) is 13.6 Å². The predicted octanol–water partition coefficient (Wildman–Crippen LogP) is 4.27. The molecule has 3 N–H and O–H groups in total. The number of anilines is 2. The Hall–Kier alpha value is -4.86. The first-order valence-corrected chi connectivity index (χ1v) is 11.4. The van der Waals surface area contributed by atoms with Gasteiger partial charge < -0.3 is 29.5 Å². The summed E-state index contributed by atoms with van der Waals surface area (Å²) in [7, 11) is 1.50. The Morgan fingerprint density at radius 2 is 1.70 bits per heavy atom. The fraction of sp³-hybridized carbons (Fsp3) is 0.185. The Labute approximate surface area is 213 Å². The van der Waals surface area contributed by atoms with Gasteiger partial charge in [-0.05, 0) is 62.2 Å². The molecule has 0 saturated carbocycles. The van der Waals surface area contributed by atoms with Gasteiger partial charge in [0, 0.05) is 23.0 Å². The first-order valence-electron chi connectivity index (χ1n) is 11.4. The summed E-state index contributed by atoms with van der Waals surface area (Å²) < 4.78 is 15.8. The van der Waals surface area contributed by atoms with Gasteiger partial charge in [-0.1, -0.05) is 12.1 Å². The number of furan rings is 1. The average Bonchev–Trinajstić information content (AvgIpc) is 3.59. The third-order valence-corrected chi connectivity index (χ3v) is 5.42. The number of nitrogens with one attached hydrogen (secondary N) is 3. The number of carbonyl (C=O) groups excluding carboxylic acids is 3. The van der Waals surface area contributed by atoms with E-state index >= 15 is 0 Å². The van der Waals surface area contributed by atoms with E-state index in [1.165, 1.54) is 19.8 Å². The zero-order chi connectivity index (χ0) is 26.4. The number of hydrogen-bond acceptors (Lipinski definition) is 7. The highest BCUT2D eigenvalue weighted by Gasteiger charge is 2.25. The number of hydrogen-bond donors (Lipinski definition) is 3. The van der Waals surface area contributed by atoms with Crippen LogP contribution in [0.3, 0.4) is 0 Å². The Morgan fingerprint density at radius 3 is 2.35 bits per heavy atom. The lowest BCUT2D eigenvalue weighted by Crippen LogP contribution is -2.49. The molecular weight excluding hydrogens is 476 g/mol. The lowest BCUT2D eigenvalue weighted by molar-refractivity contribution is -0.137. The molecule has 4 rings (SSSR count). The molecule has 3 amide bonds. The minimum atomic E-state index is -0.807. The van der Waals surface area contributed by atoms with Crippen molar-refractivity contribution in [2.75, 3.05) is 17.7 Å². The van der Waals surface area contributed by atoms with Gasteiger partial charge in [0.1, 0.15) is 5.75 Å². The van der Waals surface area contributed by atoms with Crippen molar-refractivity contribution in [3.8, 4) is 17.1 Å². The quantitative estimate of drug-likeness (QED) is 0.306. The molecule has 0 saturated heterocycles. The van der Waals surface area contributed by atoms with Gasteiger partial charge in [-0.2, -0.15) is 0 Å². The summed E-state index contributed by atoms with van der Waals surface area (Å²) in [4.78, 5) is 41.2. The van der Waals surface area contributed by atoms with Gasteiger partial charge in [-0.3, -0.25) is 14.4 Å². The smallest absolute Gasteiger partial charge is 0.313 e. The molecule has 0 aliphatic heterocycles. The van der Waals surface area contributed by atoms with Crippen molar-refractivity contribution >= 4 is 29.1 Å². The Bertz CT molecular complexity index is 1380. The van der Waals surface area contributed by atoms with Gasteiger partial charge in [0.25, 0.3) is 5.91 Å². The second kappa shape index (κ2) is 10.8. The van der Waals surface area contributed by atoms with Crippen LogP contribution in [-0.2, 0) is 16.0 Å². The van der Waals surface area contributed by atoms with E-state index in [0.717, 1.165) is 5.56 Å². The number of carbonyl (C=O) groups is 3. The van der Waals surface area contributed by atoms with E-state index in [-0.39, 0.29) is 11.7 Å². The topological polar surface area (TPSA) is 136 Å². The van der Waals surface area contributed by atoms with Gasteiger partial charge in [0.05, 0.1) is 25.1 Å². The SMILES string of the molecule is COc1cc(NC(=O)C(=O)NC(C)(C)Cc2ccc(NC(=O)c3ccco3)cc2)ccc1-c1cnco1. The average molecular weight is 503 g/mol. The van der Waals surface area contributed by atoms with E-state index < -0.39 is 17.4 Å². The van der Waals surface area contributed by atoms with Crippen molar-refractivity contribution in [2.45, 2.75) is 25.8 Å². The summed E-state index contributed by atoms with van der Waals surface area (Å²) in [6.07, 6.45) is 4.75. The largest absolute Gasteiger partial charge is 0.496 e. The van der Waals surface area contributed by atoms with E-state index in [1.807, 2.05) is 26.0 Å². The fourth-order valence-corrected chi connectivity index (χ4v) is 3.73. The number of amides is 3. The first-order chi connectivity index (χ1) is 17.7. The molecule has 10 nitrogen and oxygen atoms in total. The van der Waals surface area contributed by atoms with Crippen LogP contribution in [0.15, 0.2) is 82.3 Å². The predicted molar refractivity (Wildman–Crippen MR) is 136 cm³/mol. The molecule has 0 radical (unpaired) electrons. The summed E-state index contributed by atoms with van der Waals surface area (Å²) in [5, 5.41) is 8.10. The van der Waals surface area contributed by atoms with Crippen molar-refractivity contribution in [2.24, 2.45) is 0 Å².